The van der Waals surface area contributed by atoms with Gasteiger partial charge in [0.15, 0.2) is 0 Å². The third-order valence-electron chi connectivity index (χ3n) is 2.06. The Morgan fingerprint density at radius 1 is 1.46 bits per heavy atom. The van der Waals surface area contributed by atoms with Gasteiger partial charge in [-0.2, -0.15) is 0 Å². The van der Waals surface area contributed by atoms with Crippen molar-refractivity contribution in [3.63, 3.8) is 0 Å². The molecule has 3 heteroatoms. The Morgan fingerprint density at radius 2 is 2.08 bits per heavy atom. The van der Waals surface area contributed by atoms with Crippen LogP contribution in [0, 0.1) is 5.41 Å². The van der Waals surface area contributed by atoms with Crippen molar-refractivity contribution in [3.8, 4) is 0 Å². The SMILES string of the molecule is CNC(c1sccc1Cl)C(C)(C)C. The summed E-state index contributed by atoms with van der Waals surface area (Å²) in [4.78, 5) is 1.23. The predicted molar refractivity (Wildman–Crippen MR) is 60.6 cm³/mol. The Kier molecular flexibility index (Phi) is 3.38. The summed E-state index contributed by atoms with van der Waals surface area (Å²) >= 11 is 7.80. The molecule has 0 saturated heterocycles. The minimum Gasteiger partial charge on any atom is -0.312 e. The van der Waals surface area contributed by atoms with E-state index in [2.05, 4.69) is 26.1 Å². The van der Waals surface area contributed by atoms with Crippen molar-refractivity contribution in [3.05, 3.63) is 21.3 Å². The highest BCUT2D eigenvalue weighted by molar-refractivity contribution is 7.10. The molecular weight excluding hydrogens is 202 g/mol. The van der Waals surface area contributed by atoms with Crippen molar-refractivity contribution < 1.29 is 0 Å². The summed E-state index contributed by atoms with van der Waals surface area (Å²) in [7, 11) is 1.98. The first-order valence-electron chi connectivity index (χ1n) is 4.37. The highest BCUT2D eigenvalue weighted by Crippen LogP contribution is 2.38. The van der Waals surface area contributed by atoms with Crippen LogP contribution >= 0.6 is 22.9 Å². The van der Waals surface area contributed by atoms with Crippen LogP contribution < -0.4 is 5.32 Å². The second kappa shape index (κ2) is 3.99. The van der Waals surface area contributed by atoms with Crippen molar-refractivity contribution in [2.24, 2.45) is 5.41 Å². The van der Waals surface area contributed by atoms with Gasteiger partial charge in [0, 0.05) is 10.9 Å². The first-order chi connectivity index (χ1) is 5.96. The molecule has 13 heavy (non-hydrogen) atoms. The summed E-state index contributed by atoms with van der Waals surface area (Å²) < 4.78 is 0. The molecule has 0 aliphatic rings. The molecule has 1 aromatic heterocycles. The summed E-state index contributed by atoms with van der Waals surface area (Å²) in [5.41, 5.74) is 0.198. The van der Waals surface area contributed by atoms with Crippen LogP contribution in [0.3, 0.4) is 0 Å². The molecule has 1 atom stereocenters. The summed E-state index contributed by atoms with van der Waals surface area (Å²) in [5, 5.41) is 6.22. The summed E-state index contributed by atoms with van der Waals surface area (Å²) in [6, 6.07) is 2.29. The molecule has 0 radical (unpaired) electrons. The van der Waals surface area contributed by atoms with Crippen LogP contribution in [0.4, 0.5) is 0 Å². The van der Waals surface area contributed by atoms with Crippen LogP contribution in [-0.2, 0) is 0 Å². The van der Waals surface area contributed by atoms with E-state index in [4.69, 9.17) is 11.6 Å². The van der Waals surface area contributed by atoms with Crippen LogP contribution in [0.25, 0.3) is 0 Å². The van der Waals surface area contributed by atoms with E-state index in [1.54, 1.807) is 11.3 Å². The molecule has 0 spiro atoms. The first kappa shape index (κ1) is 11.0. The van der Waals surface area contributed by atoms with Gasteiger partial charge >= 0.3 is 0 Å². The fourth-order valence-electron chi connectivity index (χ4n) is 1.47. The molecule has 1 N–H and O–H groups in total. The summed E-state index contributed by atoms with van der Waals surface area (Å²) in [6.45, 7) is 6.64. The minimum atomic E-state index is 0.198. The van der Waals surface area contributed by atoms with Crippen molar-refractivity contribution in [1.29, 1.82) is 0 Å². The van der Waals surface area contributed by atoms with E-state index in [1.165, 1.54) is 4.88 Å². The lowest BCUT2D eigenvalue weighted by atomic mass is 9.86. The predicted octanol–water partition coefficient (Wildman–Crippen LogP) is 3.71. The van der Waals surface area contributed by atoms with Gasteiger partial charge in [-0.3, -0.25) is 0 Å². The highest BCUT2D eigenvalue weighted by Gasteiger charge is 2.27. The monoisotopic (exact) mass is 217 g/mol. The maximum absolute atomic E-state index is 6.09. The zero-order valence-corrected chi connectivity index (χ0v) is 10.1. The Labute approximate surface area is 89.1 Å². The van der Waals surface area contributed by atoms with E-state index >= 15 is 0 Å². The Bertz CT molecular complexity index is 275. The molecule has 1 nitrogen and oxygen atoms in total. The molecule has 1 heterocycles. The van der Waals surface area contributed by atoms with Crippen LogP contribution in [0.5, 0.6) is 0 Å². The van der Waals surface area contributed by atoms with Gasteiger partial charge < -0.3 is 5.32 Å². The van der Waals surface area contributed by atoms with E-state index in [0.29, 0.717) is 6.04 Å². The second-order valence-corrected chi connectivity index (χ2v) is 5.58. The Hall–Kier alpha value is -0.0500. The van der Waals surface area contributed by atoms with E-state index in [0.717, 1.165) is 5.02 Å². The van der Waals surface area contributed by atoms with Crippen LogP contribution in [0.15, 0.2) is 11.4 Å². The largest absolute Gasteiger partial charge is 0.312 e. The number of rotatable bonds is 2. The molecule has 1 rings (SSSR count). The number of nitrogens with one attached hydrogen (secondary N) is 1. The molecule has 0 aliphatic carbocycles. The zero-order valence-electron chi connectivity index (χ0n) is 8.52. The van der Waals surface area contributed by atoms with Crippen molar-refractivity contribution in [2.75, 3.05) is 7.05 Å². The van der Waals surface area contributed by atoms with E-state index in [-0.39, 0.29) is 5.41 Å². The fourth-order valence-corrected chi connectivity index (χ4v) is 2.99. The molecule has 0 aliphatic heterocycles. The summed E-state index contributed by atoms with van der Waals surface area (Å²) in [5.74, 6) is 0. The lowest BCUT2D eigenvalue weighted by Crippen LogP contribution is -2.29. The zero-order chi connectivity index (χ0) is 10.1. The van der Waals surface area contributed by atoms with Crippen LogP contribution in [0.1, 0.15) is 31.7 Å². The normalized spacial score (nSPS) is 14.5. The number of halogens is 1. The molecule has 0 amide bonds. The number of hydrogen-bond donors (Lipinski definition) is 1. The van der Waals surface area contributed by atoms with Gasteiger partial charge in [0.1, 0.15) is 0 Å². The molecule has 0 saturated carbocycles. The third-order valence-corrected chi connectivity index (χ3v) is 3.49. The molecular formula is C10H16ClNS. The van der Waals surface area contributed by atoms with E-state index < -0.39 is 0 Å². The maximum atomic E-state index is 6.09. The fraction of sp³-hybridized carbons (Fsp3) is 0.600. The van der Waals surface area contributed by atoms with Crippen LogP contribution in [-0.4, -0.2) is 7.05 Å². The lowest BCUT2D eigenvalue weighted by Gasteiger charge is -2.29. The van der Waals surface area contributed by atoms with Crippen molar-refractivity contribution in [2.45, 2.75) is 26.8 Å². The number of thiophene rings is 1. The number of hydrogen-bond acceptors (Lipinski definition) is 2. The van der Waals surface area contributed by atoms with E-state index in [1.807, 2.05) is 18.5 Å². The van der Waals surface area contributed by atoms with Crippen LogP contribution in [0.2, 0.25) is 5.02 Å². The third kappa shape index (κ3) is 2.46. The van der Waals surface area contributed by atoms with Gasteiger partial charge in [0.2, 0.25) is 0 Å². The molecule has 0 bridgehead atoms. The van der Waals surface area contributed by atoms with Gasteiger partial charge in [-0.1, -0.05) is 32.4 Å². The minimum absolute atomic E-state index is 0.198. The van der Waals surface area contributed by atoms with Gasteiger partial charge in [0.05, 0.1) is 5.02 Å². The average molecular weight is 218 g/mol. The van der Waals surface area contributed by atoms with Gasteiger partial charge in [0.25, 0.3) is 0 Å². The molecule has 74 valence electrons. The summed E-state index contributed by atoms with van der Waals surface area (Å²) in [6.07, 6.45) is 0. The quantitative estimate of drug-likeness (QED) is 0.797. The second-order valence-electron chi connectivity index (χ2n) is 4.22. The lowest BCUT2D eigenvalue weighted by molar-refractivity contribution is 0.291. The van der Waals surface area contributed by atoms with Crippen molar-refractivity contribution in [1.82, 2.24) is 5.32 Å². The van der Waals surface area contributed by atoms with Crippen molar-refractivity contribution >= 4 is 22.9 Å². The van der Waals surface area contributed by atoms with E-state index in [9.17, 15) is 0 Å². The molecule has 1 unspecified atom stereocenters. The molecule has 0 aromatic carbocycles. The Balaban J connectivity index is 2.98. The highest BCUT2D eigenvalue weighted by atomic mass is 35.5. The average Bonchev–Trinajstić information content (AvgIpc) is 2.35. The standard InChI is InChI=1S/C10H16ClNS/c1-10(2,3)9(12-4)8-7(11)5-6-13-8/h5-6,9,12H,1-4H3. The smallest absolute Gasteiger partial charge is 0.0561 e. The first-order valence-corrected chi connectivity index (χ1v) is 5.62. The topological polar surface area (TPSA) is 12.0 Å². The van der Waals surface area contributed by atoms with Gasteiger partial charge in [-0.25, -0.2) is 0 Å². The Morgan fingerprint density at radius 3 is 2.38 bits per heavy atom. The molecule has 1 aromatic rings. The van der Waals surface area contributed by atoms with Gasteiger partial charge in [-0.15, -0.1) is 11.3 Å². The van der Waals surface area contributed by atoms with Gasteiger partial charge in [-0.05, 0) is 23.9 Å². The molecule has 0 fully saturated rings. The maximum Gasteiger partial charge on any atom is 0.0561 e.